The number of aliphatic hydroxyl groups excluding tert-OH is 1. The summed E-state index contributed by atoms with van der Waals surface area (Å²) in [5, 5.41) is 23.4. The molecule has 2 aromatic rings. The van der Waals surface area contributed by atoms with Crippen LogP contribution in [0.4, 0.5) is 0 Å². The van der Waals surface area contributed by atoms with Crippen LogP contribution in [-0.2, 0) is 19.4 Å². The molecule has 0 radical (unpaired) electrons. The monoisotopic (exact) mass is 481 g/mol. The van der Waals surface area contributed by atoms with Crippen LogP contribution in [0, 0.1) is 5.92 Å². The molecule has 8 nitrogen and oxygen atoms in total. The number of nitrogens with one attached hydrogen (secondary N) is 1. The van der Waals surface area contributed by atoms with E-state index in [0.717, 1.165) is 57.6 Å². The SMILES string of the molecule is CC(C)(O)CN1CCC(Cc2cc(C(=O)NC[C@H](O)CN3CCc4ccccc4C3)ncn2)CC1. The normalized spacial score (nSPS) is 18.7. The predicted molar refractivity (Wildman–Crippen MR) is 135 cm³/mol. The molecule has 0 aliphatic carbocycles. The molecule has 35 heavy (non-hydrogen) atoms. The number of carbonyl (C=O) groups excluding carboxylic acids is 1. The number of benzene rings is 1. The molecule has 0 saturated carbocycles. The number of aliphatic hydroxyl groups is 2. The second kappa shape index (κ2) is 11.6. The Morgan fingerprint density at radius 1 is 1.14 bits per heavy atom. The summed E-state index contributed by atoms with van der Waals surface area (Å²) in [5.74, 6) is 0.229. The van der Waals surface area contributed by atoms with Gasteiger partial charge in [0.1, 0.15) is 12.0 Å². The summed E-state index contributed by atoms with van der Waals surface area (Å²) in [7, 11) is 0. The number of aromatic nitrogens is 2. The van der Waals surface area contributed by atoms with Gasteiger partial charge in [-0.05, 0) is 75.7 Å². The second-order valence-corrected chi connectivity index (χ2v) is 10.7. The van der Waals surface area contributed by atoms with Gasteiger partial charge in [0.15, 0.2) is 0 Å². The van der Waals surface area contributed by atoms with E-state index in [1.807, 2.05) is 13.8 Å². The Morgan fingerprint density at radius 2 is 1.89 bits per heavy atom. The third-order valence-corrected chi connectivity index (χ3v) is 6.95. The molecule has 3 heterocycles. The molecule has 1 fully saturated rings. The molecule has 190 valence electrons. The standard InChI is InChI=1S/C27H39N5O3/c1-27(2,35)18-31-10-7-20(8-11-31)13-23-14-25(30-19-29-23)26(34)28-15-24(33)17-32-12-9-21-5-3-4-6-22(21)16-32/h3-6,14,19-20,24,33,35H,7-13,15-18H2,1-2H3,(H,28,34)/t24-/m0/s1. The summed E-state index contributed by atoms with van der Waals surface area (Å²) < 4.78 is 0. The average Bonchev–Trinajstić information content (AvgIpc) is 2.83. The molecule has 0 bridgehead atoms. The van der Waals surface area contributed by atoms with E-state index in [1.165, 1.54) is 17.5 Å². The number of carbonyl (C=O) groups is 1. The van der Waals surface area contributed by atoms with Crippen molar-refractivity contribution >= 4 is 5.91 Å². The highest BCUT2D eigenvalue weighted by Crippen LogP contribution is 2.22. The van der Waals surface area contributed by atoms with E-state index < -0.39 is 11.7 Å². The van der Waals surface area contributed by atoms with Crippen LogP contribution in [-0.4, -0.2) is 86.9 Å². The predicted octanol–water partition coefficient (Wildman–Crippen LogP) is 1.65. The number of β-amino-alcohol motifs (C(OH)–C–C–N with tert-alkyl or cyclic N) is 2. The Balaban J connectivity index is 1.21. The summed E-state index contributed by atoms with van der Waals surface area (Å²) in [4.78, 5) is 25.7. The number of hydrogen-bond acceptors (Lipinski definition) is 7. The van der Waals surface area contributed by atoms with Gasteiger partial charge in [0.25, 0.3) is 5.91 Å². The number of hydrogen-bond donors (Lipinski definition) is 3. The van der Waals surface area contributed by atoms with E-state index in [9.17, 15) is 15.0 Å². The molecule has 1 atom stereocenters. The Bertz CT molecular complexity index is 985. The van der Waals surface area contributed by atoms with Crippen molar-refractivity contribution < 1.29 is 15.0 Å². The van der Waals surface area contributed by atoms with Gasteiger partial charge in [-0.2, -0.15) is 0 Å². The summed E-state index contributed by atoms with van der Waals surface area (Å²) in [6, 6.07) is 10.2. The van der Waals surface area contributed by atoms with Crippen LogP contribution < -0.4 is 5.32 Å². The zero-order valence-corrected chi connectivity index (χ0v) is 21.0. The molecular weight excluding hydrogens is 442 g/mol. The fraction of sp³-hybridized carbons (Fsp3) is 0.593. The lowest BCUT2D eigenvalue weighted by atomic mass is 9.91. The molecule has 3 N–H and O–H groups in total. The molecule has 0 unspecified atom stereocenters. The van der Waals surface area contributed by atoms with Crippen molar-refractivity contribution in [2.45, 2.75) is 57.8 Å². The van der Waals surface area contributed by atoms with E-state index in [2.05, 4.69) is 49.4 Å². The zero-order chi connectivity index (χ0) is 24.8. The van der Waals surface area contributed by atoms with Gasteiger partial charge in [0.05, 0.1) is 11.7 Å². The van der Waals surface area contributed by atoms with Crippen LogP contribution in [0.15, 0.2) is 36.7 Å². The topological polar surface area (TPSA) is 102 Å². The molecule has 1 aromatic carbocycles. The van der Waals surface area contributed by atoms with Crippen molar-refractivity contribution in [3.63, 3.8) is 0 Å². The van der Waals surface area contributed by atoms with Crippen LogP contribution in [0.2, 0.25) is 0 Å². The molecular formula is C27H39N5O3. The number of nitrogens with zero attached hydrogens (tertiary/aromatic N) is 4. The van der Waals surface area contributed by atoms with Crippen molar-refractivity contribution in [1.29, 1.82) is 0 Å². The first-order valence-electron chi connectivity index (χ1n) is 12.8. The molecule has 2 aliphatic heterocycles. The van der Waals surface area contributed by atoms with Gasteiger partial charge < -0.3 is 20.4 Å². The number of fused-ring (bicyclic) bond motifs is 1. The minimum absolute atomic E-state index is 0.190. The van der Waals surface area contributed by atoms with Gasteiger partial charge in [-0.1, -0.05) is 24.3 Å². The third-order valence-electron chi connectivity index (χ3n) is 6.95. The van der Waals surface area contributed by atoms with Crippen LogP contribution in [0.3, 0.4) is 0 Å². The quantitative estimate of drug-likeness (QED) is 0.501. The maximum Gasteiger partial charge on any atom is 0.270 e. The lowest BCUT2D eigenvalue weighted by Crippen LogP contribution is -2.43. The van der Waals surface area contributed by atoms with E-state index in [-0.39, 0.29) is 12.5 Å². The molecule has 1 amide bonds. The van der Waals surface area contributed by atoms with E-state index in [0.29, 0.717) is 24.7 Å². The zero-order valence-electron chi connectivity index (χ0n) is 21.0. The van der Waals surface area contributed by atoms with Crippen LogP contribution >= 0.6 is 0 Å². The maximum absolute atomic E-state index is 12.7. The van der Waals surface area contributed by atoms with Crippen molar-refractivity contribution in [3.8, 4) is 0 Å². The molecule has 4 rings (SSSR count). The van der Waals surface area contributed by atoms with Gasteiger partial charge in [0, 0.05) is 38.4 Å². The van der Waals surface area contributed by atoms with Gasteiger partial charge in [-0.15, -0.1) is 0 Å². The molecule has 0 spiro atoms. The fourth-order valence-electron chi connectivity index (χ4n) is 5.20. The molecule has 1 aromatic heterocycles. The summed E-state index contributed by atoms with van der Waals surface area (Å²) in [6.45, 7) is 8.76. The summed E-state index contributed by atoms with van der Waals surface area (Å²) >= 11 is 0. The van der Waals surface area contributed by atoms with E-state index >= 15 is 0 Å². The number of likely N-dealkylation sites (tertiary alicyclic amines) is 1. The van der Waals surface area contributed by atoms with E-state index in [1.54, 1.807) is 6.07 Å². The molecule has 1 saturated heterocycles. The highest BCUT2D eigenvalue weighted by Gasteiger charge is 2.25. The number of rotatable bonds is 9. The fourth-order valence-corrected chi connectivity index (χ4v) is 5.20. The highest BCUT2D eigenvalue weighted by atomic mass is 16.3. The average molecular weight is 482 g/mol. The minimum atomic E-state index is -0.672. The van der Waals surface area contributed by atoms with Crippen LogP contribution in [0.5, 0.6) is 0 Å². The maximum atomic E-state index is 12.7. The summed E-state index contributed by atoms with van der Waals surface area (Å²) in [5.41, 5.74) is 3.23. The lowest BCUT2D eigenvalue weighted by Gasteiger charge is -2.35. The van der Waals surface area contributed by atoms with Gasteiger partial charge >= 0.3 is 0 Å². The van der Waals surface area contributed by atoms with Crippen molar-refractivity contribution in [1.82, 2.24) is 25.1 Å². The third kappa shape index (κ3) is 7.80. The van der Waals surface area contributed by atoms with Crippen molar-refractivity contribution in [2.24, 2.45) is 5.92 Å². The Hall–Kier alpha value is -2.39. The number of amides is 1. The van der Waals surface area contributed by atoms with Gasteiger partial charge in [0.2, 0.25) is 0 Å². The van der Waals surface area contributed by atoms with Gasteiger partial charge in [-0.25, -0.2) is 9.97 Å². The molecule has 8 heteroatoms. The molecule has 2 aliphatic rings. The first kappa shape index (κ1) is 25.7. The van der Waals surface area contributed by atoms with Crippen molar-refractivity contribution in [3.05, 3.63) is 59.2 Å². The van der Waals surface area contributed by atoms with Crippen molar-refractivity contribution in [2.75, 3.05) is 39.3 Å². The van der Waals surface area contributed by atoms with E-state index in [4.69, 9.17) is 0 Å². The second-order valence-electron chi connectivity index (χ2n) is 10.7. The Morgan fingerprint density at radius 3 is 2.63 bits per heavy atom. The Labute approximate surface area is 208 Å². The minimum Gasteiger partial charge on any atom is -0.390 e. The number of piperidine rings is 1. The first-order valence-corrected chi connectivity index (χ1v) is 12.8. The largest absolute Gasteiger partial charge is 0.390 e. The summed E-state index contributed by atoms with van der Waals surface area (Å²) in [6.07, 6.45) is 4.72. The van der Waals surface area contributed by atoms with Crippen LogP contribution in [0.25, 0.3) is 0 Å². The van der Waals surface area contributed by atoms with Crippen LogP contribution in [0.1, 0.15) is 54.0 Å². The smallest absolute Gasteiger partial charge is 0.270 e. The Kier molecular flexibility index (Phi) is 8.49. The van der Waals surface area contributed by atoms with Gasteiger partial charge in [-0.3, -0.25) is 9.69 Å². The highest BCUT2D eigenvalue weighted by molar-refractivity contribution is 5.92. The first-order chi connectivity index (χ1) is 16.7. The lowest BCUT2D eigenvalue weighted by molar-refractivity contribution is 0.0244.